The number of benzene rings is 1. The maximum Gasteiger partial charge on any atom is 0.412 e. The summed E-state index contributed by atoms with van der Waals surface area (Å²) in [5.41, 5.74) is 10.6. The maximum absolute atomic E-state index is 10.3. The quantitative estimate of drug-likeness (QED) is 0.554. The number of carbonyl (C=O) groups excluding carboxylic acids is 1. The molecule has 0 aromatic heterocycles. The monoisotopic (exact) mass is 209 g/mol. The lowest BCUT2D eigenvalue weighted by Crippen LogP contribution is -2.24. The summed E-state index contributed by atoms with van der Waals surface area (Å²) in [6, 6.07) is 6.44. The van der Waals surface area contributed by atoms with Crippen LogP contribution in [0.5, 0.6) is 5.75 Å². The predicted octanol–water partition coefficient (Wildman–Crippen LogP) is 0.737. The average Bonchev–Trinajstić information content (AvgIpc) is 2.17. The highest BCUT2D eigenvalue weighted by atomic mass is 16.6. The van der Waals surface area contributed by atoms with Crippen LogP contribution in [0, 0.1) is 0 Å². The first-order valence-electron chi connectivity index (χ1n) is 4.07. The van der Waals surface area contributed by atoms with E-state index in [1.807, 2.05) is 0 Å². The first kappa shape index (κ1) is 10.8. The van der Waals surface area contributed by atoms with Gasteiger partial charge in [0.2, 0.25) is 0 Å². The zero-order chi connectivity index (χ0) is 11.3. The zero-order valence-electron chi connectivity index (χ0n) is 8.14. The van der Waals surface area contributed by atoms with Crippen molar-refractivity contribution < 1.29 is 14.3 Å². The van der Waals surface area contributed by atoms with Gasteiger partial charge in [0, 0.05) is 0 Å². The molecule has 1 aromatic carbocycles. The van der Waals surface area contributed by atoms with E-state index in [9.17, 15) is 4.79 Å². The standard InChI is InChI=1S/C9H11N3O3/c1-14-7-4-2-6(3-5-7)12-8(10)15-9(11)13/h2-5H,1H3,(H2,10,12)(H2,11,13). The molecule has 6 heteroatoms. The molecule has 0 fully saturated rings. The fourth-order valence-corrected chi connectivity index (χ4v) is 0.910. The van der Waals surface area contributed by atoms with Crippen LogP contribution in [-0.4, -0.2) is 19.2 Å². The second-order valence-corrected chi connectivity index (χ2v) is 2.57. The van der Waals surface area contributed by atoms with Crippen LogP contribution < -0.4 is 16.2 Å². The molecule has 1 aromatic rings. The third kappa shape index (κ3) is 3.55. The topological polar surface area (TPSA) is 99.9 Å². The van der Waals surface area contributed by atoms with Gasteiger partial charge < -0.3 is 20.9 Å². The van der Waals surface area contributed by atoms with Gasteiger partial charge in [0.25, 0.3) is 6.02 Å². The van der Waals surface area contributed by atoms with Gasteiger partial charge in [0.05, 0.1) is 12.8 Å². The Morgan fingerprint density at radius 1 is 1.27 bits per heavy atom. The van der Waals surface area contributed by atoms with Crippen LogP contribution in [-0.2, 0) is 4.74 Å². The Morgan fingerprint density at radius 3 is 2.33 bits per heavy atom. The van der Waals surface area contributed by atoms with Gasteiger partial charge in [-0.15, -0.1) is 0 Å². The first-order chi connectivity index (χ1) is 7.11. The Balaban J connectivity index is 2.75. The number of rotatable bonds is 2. The summed E-state index contributed by atoms with van der Waals surface area (Å²) in [6.45, 7) is 0. The van der Waals surface area contributed by atoms with Crippen molar-refractivity contribution in [1.82, 2.24) is 0 Å². The van der Waals surface area contributed by atoms with E-state index >= 15 is 0 Å². The molecular weight excluding hydrogens is 198 g/mol. The third-order valence-electron chi connectivity index (χ3n) is 1.52. The van der Waals surface area contributed by atoms with E-state index < -0.39 is 6.09 Å². The lowest BCUT2D eigenvalue weighted by molar-refractivity contribution is 0.207. The summed E-state index contributed by atoms with van der Waals surface area (Å²) in [4.78, 5) is 14.1. The Kier molecular flexibility index (Phi) is 3.50. The molecule has 0 spiro atoms. The molecule has 0 saturated heterocycles. The number of amides is 1. The highest BCUT2D eigenvalue weighted by Crippen LogP contribution is 2.17. The van der Waals surface area contributed by atoms with Crippen molar-refractivity contribution in [2.45, 2.75) is 0 Å². The van der Waals surface area contributed by atoms with E-state index in [2.05, 4.69) is 9.73 Å². The van der Waals surface area contributed by atoms with Crippen LogP contribution in [0.3, 0.4) is 0 Å². The number of carbonyl (C=O) groups is 1. The summed E-state index contributed by atoms with van der Waals surface area (Å²) in [7, 11) is 1.56. The number of amidine groups is 1. The van der Waals surface area contributed by atoms with Crippen molar-refractivity contribution >= 4 is 17.8 Å². The maximum atomic E-state index is 10.3. The number of primary amides is 1. The minimum Gasteiger partial charge on any atom is -0.497 e. The second kappa shape index (κ2) is 4.85. The van der Waals surface area contributed by atoms with Crippen molar-refractivity contribution in [1.29, 1.82) is 0 Å². The first-order valence-corrected chi connectivity index (χ1v) is 4.07. The fraction of sp³-hybridized carbons (Fsp3) is 0.111. The van der Waals surface area contributed by atoms with Gasteiger partial charge in [0.15, 0.2) is 0 Å². The largest absolute Gasteiger partial charge is 0.497 e. The van der Waals surface area contributed by atoms with E-state index in [0.717, 1.165) is 0 Å². The van der Waals surface area contributed by atoms with Crippen molar-refractivity contribution in [3.8, 4) is 5.75 Å². The van der Waals surface area contributed by atoms with Gasteiger partial charge in [-0.1, -0.05) is 0 Å². The van der Waals surface area contributed by atoms with E-state index in [1.165, 1.54) is 0 Å². The van der Waals surface area contributed by atoms with Crippen molar-refractivity contribution in [2.75, 3.05) is 7.11 Å². The number of nitrogens with two attached hydrogens (primary N) is 2. The minimum atomic E-state index is -0.996. The van der Waals surface area contributed by atoms with Gasteiger partial charge in [0.1, 0.15) is 5.75 Å². The van der Waals surface area contributed by atoms with Crippen molar-refractivity contribution in [2.24, 2.45) is 16.5 Å². The molecule has 0 bridgehead atoms. The summed E-state index contributed by atoms with van der Waals surface area (Å²) in [5.74, 6) is 0.698. The van der Waals surface area contributed by atoms with E-state index in [-0.39, 0.29) is 6.02 Å². The third-order valence-corrected chi connectivity index (χ3v) is 1.52. The second-order valence-electron chi connectivity index (χ2n) is 2.57. The number of ether oxygens (including phenoxy) is 2. The molecule has 0 atom stereocenters. The van der Waals surface area contributed by atoms with Gasteiger partial charge in [-0.05, 0) is 24.3 Å². The molecule has 0 aliphatic heterocycles. The van der Waals surface area contributed by atoms with Gasteiger partial charge in [-0.3, -0.25) is 0 Å². The van der Waals surface area contributed by atoms with Crippen LogP contribution >= 0.6 is 0 Å². The molecule has 1 amide bonds. The molecule has 4 N–H and O–H groups in total. The molecule has 0 saturated carbocycles. The molecule has 0 unspecified atom stereocenters. The van der Waals surface area contributed by atoms with Gasteiger partial charge >= 0.3 is 6.09 Å². The Labute approximate surface area is 86.5 Å². The zero-order valence-corrected chi connectivity index (χ0v) is 8.14. The lowest BCUT2D eigenvalue weighted by atomic mass is 10.3. The number of methoxy groups -OCH3 is 1. The van der Waals surface area contributed by atoms with Gasteiger partial charge in [-0.2, -0.15) is 4.99 Å². The highest BCUT2D eigenvalue weighted by Gasteiger charge is 1.99. The minimum absolute atomic E-state index is 0.298. The van der Waals surface area contributed by atoms with Crippen molar-refractivity contribution in [3.05, 3.63) is 24.3 Å². The summed E-state index contributed by atoms with van der Waals surface area (Å²) in [6.07, 6.45) is -0.996. The van der Waals surface area contributed by atoms with Crippen LogP contribution in [0.25, 0.3) is 0 Å². The molecule has 0 radical (unpaired) electrons. The van der Waals surface area contributed by atoms with Crippen LogP contribution in [0.4, 0.5) is 10.5 Å². The molecule has 0 aliphatic carbocycles. The van der Waals surface area contributed by atoms with Crippen LogP contribution in [0.15, 0.2) is 29.3 Å². The average molecular weight is 209 g/mol. The molecule has 0 heterocycles. The van der Waals surface area contributed by atoms with Crippen LogP contribution in [0.1, 0.15) is 0 Å². The molecule has 6 nitrogen and oxygen atoms in total. The van der Waals surface area contributed by atoms with E-state index in [4.69, 9.17) is 16.2 Å². The smallest absolute Gasteiger partial charge is 0.412 e. The van der Waals surface area contributed by atoms with E-state index in [1.54, 1.807) is 31.4 Å². The highest BCUT2D eigenvalue weighted by molar-refractivity contribution is 5.86. The predicted molar refractivity (Wildman–Crippen MR) is 54.9 cm³/mol. The Bertz CT molecular complexity index is 373. The lowest BCUT2D eigenvalue weighted by Gasteiger charge is -2.00. The molecular formula is C9H11N3O3. The molecule has 15 heavy (non-hydrogen) atoms. The summed E-state index contributed by atoms with van der Waals surface area (Å²) >= 11 is 0. The van der Waals surface area contributed by atoms with Crippen molar-refractivity contribution in [3.63, 3.8) is 0 Å². The normalized spacial score (nSPS) is 10.9. The number of aliphatic imine (C=N–C) groups is 1. The summed E-state index contributed by atoms with van der Waals surface area (Å²) < 4.78 is 9.30. The molecule has 1 rings (SSSR count). The number of hydrogen-bond acceptors (Lipinski definition) is 4. The van der Waals surface area contributed by atoms with Crippen LogP contribution in [0.2, 0.25) is 0 Å². The SMILES string of the molecule is COc1ccc(N=C(N)OC(N)=O)cc1. The number of nitrogens with zero attached hydrogens (tertiary/aromatic N) is 1. The van der Waals surface area contributed by atoms with E-state index in [0.29, 0.717) is 11.4 Å². The molecule has 0 aliphatic rings. The summed E-state index contributed by atoms with van der Waals surface area (Å²) in [5, 5.41) is 0. The Hall–Kier alpha value is -2.24. The fourth-order valence-electron chi connectivity index (χ4n) is 0.910. The molecule has 80 valence electrons. The number of hydrogen-bond donors (Lipinski definition) is 2. The Morgan fingerprint density at radius 2 is 1.87 bits per heavy atom. The van der Waals surface area contributed by atoms with Gasteiger partial charge in [-0.25, -0.2) is 4.79 Å².